The molecule has 1 fully saturated rings. The average molecular weight is 637 g/mol. The fourth-order valence-electron chi connectivity index (χ4n) is 4.82. The van der Waals surface area contributed by atoms with E-state index in [1.807, 2.05) is 0 Å². The van der Waals surface area contributed by atoms with Gasteiger partial charge in [0.15, 0.2) is 0 Å². The van der Waals surface area contributed by atoms with Gasteiger partial charge in [0.1, 0.15) is 12.6 Å². The molecule has 1 aromatic carbocycles. The van der Waals surface area contributed by atoms with Gasteiger partial charge in [-0.3, -0.25) is 24.5 Å². The number of nitrogens with zero attached hydrogens (tertiary/aromatic N) is 1. The second-order valence-corrected chi connectivity index (χ2v) is 10.6. The van der Waals surface area contributed by atoms with Gasteiger partial charge < -0.3 is 44.4 Å². The zero-order valence-corrected chi connectivity index (χ0v) is 26.1. The standard InChI is InChI=1S/C31H48N4O10/c32-9-3-1-2-4-10-40-11-12-41-13-14-42-15-16-43-17-18-44-19-20-45-23-29(37)33-25-5-6-26-24(21-25)22-35(31(26)39)27-7-8-28(36)34-30(27)38/h5-6,21,27H,1-4,7-20,22-23,32H2,(H,33,37)(H,34,36,38). The third-order valence-electron chi connectivity index (χ3n) is 7.14. The normalized spacial score (nSPS) is 16.2. The third-order valence-corrected chi connectivity index (χ3v) is 7.14. The zero-order valence-electron chi connectivity index (χ0n) is 26.1. The van der Waals surface area contributed by atoms with Gasteiger partial charge in [-0.2, -0.15) is 0 Å². The van der Waals surface area contributed by atoms with Crippen LogP contribution in [0.1, 0.15) is 54.4 Å². The summed E-state index contributed by atoms with van der Waals surface area (Å²) in [4.78, 5) is 50.2. The molecule has 0 bridgehead atoms. The number of fused-ring (bicyclic) bond motifs is 1. The molecule has 0 aliphatic carbocycles. The molecule has 0 radical (unpaired) electrons. The van der Waals surface area contributed by atoms with E-state index in [-0.39, 0.29) is 43.9 Å². The Bertz CT molecular complexity index is 1070. The number of unbranched alkanes of at least 4 members (excludes halogenated alkanes) is 3. The van der Waals surface area contributed by atoms with Gasteiger partial charge in [-0.1, -0.05) is 12.8 Å². The molecule has 3 rings (SSSR count). The number of benzene rings is 1. The van der Waals surface area contributed by atoms with Crippen LogP contribution in [0.5, 0.6) is 0 Å². The van der Waals surface area contributed by atoms with E-state index in [9.17, 15) is 19.2 Å². The van der Waals surface area contributed by atoms with E-state index >= 15 is 0 Å². The van der Waals surface area contributed by atoms with Gasteiger partial charge in [-0.25, -0.2) is 0 Å². The van der Waals surface area contributed by atoms with Gasteiger partial charge >= 0.3 is 0 Å². The fourth-order valence-corrected chi connectivity index (χ4v) is 4.82. The number of rotatable bonds is 25. The molecule has 252 valence electrons. The van der Waals surface area contributed by atoms with Crippen LogP contribution in [0, 0.1) is 0 Å². The van der Waals surface area contributed by atoms with Crippen LogP contribution >= 0.6 is 0 Å². The van der Waals surface area contributed by atoms with Crippen molar-refractivity contribution in [1.29, 1.82) is 0 Å². The molecule has 0 saturated carbocycles. The molecular formula is C31H48N4O10. The second-order valence-electron chi connectivity index (χ2n) is 10.6. The van der Waals surface area contributed by atoms with E-state index in [0.29, 0.717) is 82.7 Å². The Morgan fingerprint density at radius 2 is 1.38 bits per heavy atom. The Balaban J connectivity index is 1.11. The van der Waals surface area contributed by atoms with Crippen molar-refractivity contribution in [2.45, 2.75) is 51.1 Å². The van der Waals surface area contributed by atoms with E-state index in [2.05, 4.69) is 10.6 Å². The maximum absolute atomic E-state index is 12.8. The topological polar surface area (TPSA) is 177 Å². The van der Waals surface area contributed by atoms with Crippen molar-refractivity contribution in [1.82, 2.24) is 10.2 Å². The highest BCUT2D eigenvalue weighted by atomic mass is 16.6. The van der Waals surface area contributed by atoms with Crippen molar-refractivity contribution in [2.75, 3.05) is 91.1 Å². The van der Waals surface area contributed by atoms with Gasteiger partial charge in [0.2, 0.25) is 17.7 Å². The quantitative estimate of drug-likeness (QED) is 0.103. The number of amides is 4. The number of carbonyl (C=O) groups is 4. The molecule has 2 heterocycles. The summed E-state index contributed by atoms with van der Waals surface area (Å²) in [7, 11) is 0. The molecule has 0 aromatic heterocycles. The Kier molecular flexibility index (Phi) is 17.6. The van der Waals surface area contributed by atoms with Crippen molar-refractivity contribution in [3.05, 3.63) is 29.3 Å². The molecule has 1 unspecified atom stereocenters. The largest absolute Gasteiger partial charge is 0.379 e. The highest BCUT2D eigenvalue weighted by Crippen LogP contribution is 2.29. The second kappa shape index (κ2) is 21.7. The summed E-state index contributed by atoms with van der Waals surface area (Å²) < 4.78 is 32.7. The minimum Gasteiger partial charge on any atom is -0.379 e. The van der Waals surface area contributed by atoms with Crippen LogP contribution in [0.3, 0.4) is 0 Å². The summed E-state index contributed by atoms with van der Waals surface area (Å²) >= 11 is 0. The van der Waals surface area contributed by atoms with Gasteiger partial charge in [0, 0.05) is 30.8 Å². The Morgan fingerprint density at radius 3 is 1.98 bits per heavy atom. The molecule has 14 heteroatoms. The number of hydrogen-bond acceptors (Lipinski definition) is 11. The lowest BCUT2D eigenvalue weighted by Gasteiger charge is -2.29. The summed E-state index contributed by atoms with van der Waals surface area (Å²) in [6, 6.07) is 4.29. The first-order chi connectivity index (χ1) is 22.0. The predicted octanol–water partition coefficient (Wildman–Crippen LogP) is 1.00. The van der Waals surface area contributed by atoms with Gasteiger partial charge in [0.25, 0.3) is 5.91 Å². The van der Waals surface area contributed by atoms with E-state index in [1.165, 1.54) is 4.90 Å². The monoisotopic (exact) mass is 636 g/mol. The first-order valence-electron chi connectivity index (χ1n) is 15.7. The summed E-state index contributed by atoms with van der Waals surface area (Å²) in [5.41, 5.74) is 7.17. The lowest BCUT2D eigenvalue weighted by Crippen LogP contribution is -2.52. The van der Waals surface area contributed by atoms with Crippen LogP contribution in [0.15, 0.2) is 18.2 Å². The first-order valence-corrected chi connectivity index (χ1v) is 15.7. The maximum atomic E-state index is 12.8. The Labute approximate surface area is 264 Å². The van der Waals surface area contributed by atoms with Crippen molar-refractivity contribution in [2.24, 2.45) is 5.73 Å². The molecule has 4 N–H and O–H groups in total. The molecule has 1 aromatic rings. The van der Waals surface area contributed by atoms with Crippen molar-refractivity contribution in [3.8, 4) is 0 Å². The van der Waals surface area contributed by atoms with Crippen LogP contribution in [0.25, 0.3) is 0 Å². The predicted molar refractivity (Wildman–Crippen MR) is 164 cm³/mol. The lowest BCUT2D eigenvalue weighted by atomic mass is 10.0. The van der Waals surface area contributed by atoms with E-state index in [0.717, 1.165) is 38.8 Å². The number of imide groups is 1. The smallest absolute Gasteiger partial charge is 0.255 e. The number of anilines is 1. The summed E-state index contributed by atoms with van der Waals surface area (Å²) in [5, 5.41) is 5.04. The van der Waals surface area contributed by atoms with Gasteiger partial charge in [-0.05, 0) is 49.6 Å². The van der Waals surface area contributed by atoms with E-state index in [4.69, 9.17) is 34.2 Å². The summed E-state index contributed by atoms with van der Waals surface area (Å²) in [6.45, 7) is 6.07. The number of nitrogens with one attached hydrogen (secondary N) is 2. The first kappa shape index (κ1) is 36.5. The van der Waals surface area contributed by atoms with Gasteiger partial charge in [0.05, 0.1) is 66.1 Å². The van der Waals surface area contributed by atoms with Crippen LogP contribution in [0.4, 0.5) is 5.69 Å². The molecule has 1 saturated heterocycles. The number of hydrogen-bond donors (Lipinski definition) is 3. The minimum atomic E-state index is -0.685. The maximum Gasteiger partial charge on any atom is 0.255 e. The van der Waals surface area contributed by atoms with E-state index in [1.54, 1.807) is 18.2 Å². The van der Waals surface area contributed by atoms with E-state index < -0.39 is 11.9 Å². The minimum absolute atomic E-state index is 0.151. The van der Waals surface area contributed by atoms with Crippen LogP contribution in [-0.4, -0.2) is 120 Å². The number of ether oxygens (including phenoxy) is 6. The average Bonchev–Trinajstić information content (AvgIpc) is 3.34. The highest BCUT2D eigenvalue weighted by Gasteiger charge is 2.39. The van der Waals surface area contributed by atoms with Crippen LogP contribution in [0.2, 0.25) is 0 Å². The van der Waals surface area contributed by atoms with Crippen molar-refractivity contribution < 1.29 is 47.6 Å². The SMILES string of the molecule is NCCCCCCOCCOCCOCCOCCOCCOCC(=O)Nc1ccc2c(c1)CN(C1CCC(=O)NC1=O)C2=O. The Morgan fingerprint density at radius 1 is 0.800 bits per heavy atom. The molecular weight excluding hydrogens is 588 g/mol. The van der Waals surface area contributed by atoms with Crippen molar-refractivity contribution in [3.63, 3.8) is 0 Å². The van der Waals surface area contributed by atoms with Crippen LogP contribution < -0.4 is 16.4 Å². The number of nitrogens with two attached hydrogens (primary N) is 1. The fraction of sp³-hybridized carbons (Fsp3) is 0.677. The highest BCUT2D eigenvalue weighted by molar-refractivity contribution is 6.05. The number of carbonyl (C=O) groups excluding carboxylic acids is 4. The molecule has 4 amide bonds. The molecule has 2 aliphatic rings. The Hall–Kier alpha value is -2.98. The molecule has 14 nitrogen and oxygen atoms in total. The molecule has 0 spiro atoms. The summed E-state index contributed by atoms with van der Waals surface area (Å²) in [5.74, 6) is -1.40. The molecule has 45 heavy (non-hydrogen) atoms. The lowest BCUT2D eigenvalue weighted by molar-refractivity contribution is -0.137. The summed E-state index contributed by atoms with van der Waals surface area (Å²) in [6.07, 6.45) is 4.93. The van der Waals surface area contributed by atoms with Crippen molar-refractivity contribution >= 4 is 29.3 Å². The molecule has 1 atom stereocenters. The molecule has 2 aliphatic heterocycles. The van der Waals surface area contributed by atoms with Gasteiger partial charge in [-0.15, -0.1) is 0 Å². The van der Waals surface area contributed by atoms with Crippen LogP contribution in [-0.2, 0) is 49.3 Å². The third kappa shape index (κ3) is 13.9. The zero-order chi connectivity index (χ0) is 32.1. The number of piperidine rings is 1.